The lowest BCUT2D eigenvalue weighted by Crippen LogP contribution is -2.37. The summed E-state index contributed by atoms with van der Waals surface area (Å²) in [5, 5.41) is 20.4. The average Bonchev–Trinajstić information content (AvgIpc) is 3.09. The summed E-state index contributed by atoms with van der Waals surface area (Å²) in [7, 11) is 3.32. The van der Waals surface area contributed by atoms with Crippen molar-refractivity contribution in [3.63, 3.8) is 0 Å². The highest BCUT2D eigenvalue weighted by molar-refractivity contribution is 14.0. The van der Waals surface area contributed by atoms with Gasteiger partial charge in [-0.3, -0.25) is 9.67 Å². The van der Waals surface area contributed by atoms with Crippen LogP contribution in [0.15, 0.2) is 41.7 Å². The molecule has 24 heavy (non-hydrogen) atoms. The zero-order chi connectivity index (χ0) is 16.5. The van der Waals surface area contributed by atoms with Gasteiger partial charge >= 0.3 is 0 Å². The molecular weight excluding hydrogens is 421 g/mol. The molecule has 2 rings (SSSR count). The van der Waals surface area contributed by atoms with Crippen molar-refractivity contribution in [3.8, 4) is 11.5 Å². The number of nitrogens with zero attached hydrogens (tertiary/aromatic N) is 3. The molecule has 1 heterocycles. The number of benzene rings is 1. The van der Waals surface area contributed by atoms with Gasteiger partial charge in [-0.15, -0.1) is 24.0 Å². The Hall–Kier alpha value is -1.97. The third-order valence-corrected chi connectivity index (χ3v) is 3.37. The van der Waals surface area contributed by atoms with Crippen LogP contribution in [0.5, 0.6) is 11.5 Å². The molecule has 0 saturated heterocycles. The van der Waals surface area contributed by atoms with Gasteiger partial charge in [-0.2, -0.15) is 5.10 Å². The van der Waals surface area contributed by atoms with E-state index in [4.69, 9.17) is 4.74 Å². The number of hydrogen-bond acceptors (Lipinski definition) is 4. The Balaban J connectivity index is 0.00000288. The van der Waals surface area contributed by atoms with E-state index in [0.717, 1.165) is 25.1 Å². The number of halogens is 1. The molecule has 1 aromatic carbocycles. The van der Waals surface area contributed by atoms with Gasteiger partial charge in [0.25, 0.3) is 0 Å². The van der Waals surface area contributed by atoms with Crippen molar-refractivity contribution in [2.75, 3.05) is 20.7 Å². The minimum Gasteiger partial charge on any atom is -0.508 e. The number of methoxy groups -OCH3 is 1. The van der Waals surface area contributed by atoms with Crippen molar-refractivity contribution in [3.05, 3.63) is 42.2 Å². The van der Waals surface area contributed by atoms with Gasteiger partial charge < -0.3 is 20.5 Å². The number of ether oxygens (including phenoxy) is 1. The van der Waals surface area contributed by atoms with Crippen LogP contribution >= 0.6 is 24.0 Å². The van der Waals surface area contributed by atoms with Crippen LogP contribution < -0.4 is 15.4 Å². The molecule has 0 atom stereocenters. The molecule has 0 radical (unpaired) electrons. The lowest BCUT2D eigenvalue weighted by atomic mass is 10.2. The molecule has 0 aliphatic carbocycles. The smallest absolute Gasteiger partial charge is 0.191 e. The van der Waals surface area contributed by atoms with Crippen LogP contribution in [0.25, 0.3) is 0 Å². The minimum absolute atomic E-state index is 0. The largest absolute Gasteiger partial charge is 0.508 e. The monoisotopic (exact) mass is 445 g/mol. The van der Waals surface area contributed by atoms with Gasteiger partial charge in [0.15, 0.2) is 5.96 Å². The van der Waals surface area contributed by atoms with Gasteiger partial charge in [-0.05, 0) is 30.7 Å². The predicted octanol–water partition coefficient (Wildman–Crippen LogP) is 1.97. The fourth-order valence-corrected chi connectivity index (χ4v) is 2.11. The van der Waals surface area contributed by atoms with Crippen LogP contribution in [0.3, 0.4) is 0 Å². The Morgan fingerprint density at radius 1 is 1.38 bits per heavy atom. The predicted molar refractivity (Wildman–Crippen MR) is 105 cm³/mol. The molecule has 2 aromatic rings. The number of aliphatic imine (C=N–C) groups is 1. The van der Waals surface area contributed by atoms with Crippen LogP contribution in [0, 0.1) is 0 Å². The third-order valence-electron chi connectivity index (χ3n) is 3.37. The Morgan fingerprint density at radius 2 is 2.21 bits per heavy atom. The Kier molecular flexibility index (Phi) is 8.98. The molecule has 7 nitrogen and oxygen atoms in total. The topological polar surface area (TPSA) is 83.7 Å². The van der Waals surface area contributed by atoms with E-state index < -0.39 is 0 Å². The second-order valence-corrected chi connectivity index (χ2v) is 4.97. The van der Waals surface area contributed by atoms with E-state index in [-0.39, 0.29) is 29.7 Å². The summed E-state index contributed by atoms with van der Waals surface area (Å²) in [6, 6.07) is 7.05. The molecule has 0 bridgehead atoms. The molecule has 8 heteroatoms. The summed E-state index contributed by atoms with van der Waals surface area (Å²) in [5.74, 6) is 1.63. The van der Waals surface area contributed by atoms with E-state index in [1.54, 1.807) is 38.6 Å². The fraction of sp³-hybridized carbons (Fsp3) is 0.375. The first-order chi connectivity index (χ1) is 11.2. The maximum Gasteiger partial charge on any atom is 0.191 e. The molecule has 0 aliphatic heterocycles. The van der Waals surface area contributed by atoms with Crippen molar-refractivity contribution in [1.82, 2.24) is 20.4 Å². The number of hydrogen-bond donors (Lipinski definition) is 3. The van der Waals surface area contributed by atoms with E-state index in [1.165, 1.54) is 0 Å². The molecular formula is C16H24IN5O2. The SMILES string of the molecule is CN=C(NCCCn1cccn1)NCc1cc(OC)ccc1O.I. The normalized spacial score (nSPS) is 10.8. The molecule has 3 N–H and O–H groups in total. The lowest BCUT2D eigenvalue weighted by Gasteiger charge is -2.13. The number of phenolic OH excluding ortho intramolecular Hbond substituents is 1. The number of phenols is 1. The minimum atomic E-state index is 0. The van der Waals surface area contributed by atoms with E-state index in [9.17, 15) is 5.11 Å². The first-order valence-electron chi connectivity index (χ1n) is 7.50. The quantitative estimate of drug-likeness (QED) is 0.263. The lowest BCUT2D eigenvalue weighted by molar-refractivity contribution is 0.410. The standard InChI is InChI=1S/C16H23N5O2.HI/c1-17-16(18-7-3-9-21-10-4-8-20-21)19-12-13-11-14(23-2)5-6-15(13)22;/h4-6,8,10-11,22H,3,7,9,12H2,1-2H3,(H2,17,18,19);1H. The fourth-order valence-electron chi connectivity index (χ4n) is 2.11. The van der Waals surface area contributed by atoms with Crippen LogP contribution in [0.4, 0.5) is 0 Å². The van der Waals surface area contributed by atoms with Crippen molar-refractivity contribution in [2.24, 2.45) is 4.99 Å². The number of aromatic nitrogens is 2. The van der Waals surface area contributed by atoms with Gasteiger partial charge in [-0.1, -0.05) is 0 Å². The highest BCUT2D eigenvalue weighted by Gasteiger charge is 2.04. The van der Waals surface area contributed by atoms with Gasteiger partial charge in [0.05, 0.1) is 7.11 Å². The summed E-state index contributed by atoms with van der Waals surface area (Å²) in [6.45, 7) is 2.10. The number of nitrogens with one attached hydrogen (secondary N) is 2. The Labute approximate surface area is 159 Å². The molecule has 0 amide bonds. The molecule has 1 aromatic heterocycles. The van der Waals surface area contributed by atoms with E-state index in [2.05, 4.69) is 20.7 Å². The molecule has 132 valence electrons. The second-order valence-electron chi connectivity index (χ2n) is 4.97. The van der Waals surface area contributed by atoms with Crippen molar-refractivity contribution >= 4 is 29.9 Å². The van der Waals surface area contributed by atoms with E-state index in [0.29, 0.717) is 18.3 Å². The molecule has 0 saturated carbocycles. The summed E-state index contributed by atoms with van der Waals surface area (Å²) >= 11 is 0. The zero-order valence-corrected chi connectivity index (χ0v) is 16.2. The van der Waals surface area contributed by atoms with Crippen molar-refractivity contribution < 1.29 is 9.84 Å². The maximum absolute atomic E-state index is 9.87. The first-order valence-corrected chi connectivity index (χ1v) is 7.50. The summed E-state index contributed by atoms with van der Waals surface area (Å²) < 4.78 is 7.06. The molecule has 0 aliphatic rings. The highest BCUT2D eigenvalue weighted by atomic mass is 127. The third kappa shape index (κ3) is 6.26. The van der Waals surface area contributed by atoms with E-state index in [1.807, 2.05) is 16.9 Å². The van der Waals surface area contributed by atoms with Gasteiger partial charge in [0.1, 0.15) is 11.5 Å². The van der Waals surface area contributed by atoms with E-state index >= 15 is 0 Å². The Bertz CT molecular complexity index is 631. The number of guanidine groups is 1. The second kappa shape index (κ2) is 10.7. The highest BCUT2D eigenvalue weighted by Crippen LogP contribution is 2.22. The average molecular weight is 445 g/mol. The molecule has 0 unspecified atom stereocenters. The number of aromatic hydroxyl groups is 1. The van der Waals surface area contributed by atoms with Crippen molar-refractivity contribution in [2.45, 2.75) is 19.5 Å². The van der Waals surface area contributed by atoms with Crippen LogP contribution in [0.2, 0.25) is 0 Å². The summed E-state index contributed by atoms with van der Waals surface area (Å²) in [4.78, 5) is 4.17. The van der Waals surface area contributed by atoms with Crippen molar-refractivity contribution in [1.29, 1.82) is 0 Å². The molecule has 0 fully saturated rings. The zero-order valence-electron chi connectivity index (χ0n) is 13.9. The Morgan fingerprint density at radius 3 is 2.88 bits per heavy atom. The summed E-state index contributed by atoms with van der Waals surface area (Å²) in [5.41, 5.74) is 0.754. The number of aryl methyl sites for hydroxylation is 1. The van der Waals surface area contributed by atoms with Gasteiger partial charge in [0, 0.05) is 44.6 Å². The summed E-state index contributed by atoms with van der Waals surface area (Å²) in [6.07, 6.45) is 4.65. The van der Waals surface area contributed by atoms with Gasteiger partial charge in [0.2, 0.25) is 0 Å². The first kappa shape index (κ1) is 20.1. The van der Waals surface area contributed by atoms with Crippen LogP contribution in [-0.4, -0.2) is 41.5 Å². The maximum atomic E-state index is 9.87. The van der Waals surface area contributed by atoms with Crippen LogP contribution in [-0.2, 0) is 13.1 Å². The molecule has 0 spiro atoms. The van der Waals surface area contributed by atoms with Gasteiger partial charge in [-0.25, -0.2) is 0 Å². The number of rotatable bonds is 7. The van der Waals surface area contributed by atoms with Crippen LogP contribution in [0.1, 0.15) is 12.0 Å².